The molecule has 1 aliphatic rings. The zero-order valence-electron chi connectivity index (χ0n) is 10.9. The Morgan fingerprint density at radius 1 is 1.39 bits per heavy atom. The van der Waals surface area contributed by atoms with Gasteiger partial charge >= 0.3 is 5.97 Å². The lowest BCUT2D eigenvalue weighted by atomic mass is 9.76. The first-order valence-electron chi connectivity index (χ1n) is 6.01. The van der Waals surface area contributed by atoms with Crippen LogP contribution in [0.15, 0.2) is 24.3 Å². The van der Waals surface area contributed by atoms with Crippen LogP contribution in [-0.2, 0) is 19.7 Å². The van der Waals surface area contributed by atoms with Crippen molar-refractivity contribution in [1.82, 2.24) is 0 Å². The Morgan fingerprint density at radius 3 is 2.67 bits per heavy atom. The highest BCUT2D eigenvalue weighted by atomic mass is 16.5. The highest BCUT2D eigenvalue weighted by Gasteiger charge is 2.49. The van der Waals surface area contributed by atoms with E-state index in [4.69, 9.17) is 4.74 Å². The number of ether oxygens (including phenoxy) is 1. The van der Waals surface area contributed by atoms with Crippen molar-refractivity contribution >= 4 is 17.6 Å². The summed E-state index contributed by atoms with van der Waals surface area (Å²) in [6.45, 7) is 1.93. The van der Waals surface area contributed by atoms with E-state index in [1.54, 1.807) is 11.9 Å². The van der Waals surface area contributed by atoms with Gasteiger partial charge < -0.3 is 9.64 Å². The first kappa shape index (κ1) is 12.6. The number of carbonyl (C=O) groups excluding carboxylic acids is 2. The van der Waals surface area contributed by atoms with Crippen LogP contribution in [0, 0.1) is 0 Å². The van der Waals surface area contributed by atoms with Crippen molar-refractivity contribution in [2.45, 2.75) is 25.2 Å². The van der Waals surface area contributed by atoms with Gasteiger partial charge in [-0.05, 0) is 18.1 Å². The quantitative estimate of drug-likeness (QED) is 0.766. The van der Waals surface area contributed by atoms with Crippen molar-refractivity contribution in [3.05, 3.63) is 29.8 Å². The standard InChI is InChI=1S/C14H17NO3/c1-4-14(9-12(16)18-3)10-7-5-6-8-11(10)15(2)13(14)17/h5-8H,4,9H2,1-3H3. The van der Waals surface area contributed by atoms with Gasteiger partial charge in [-0.25, -0.2) is 0 Å². The summed E-state index contributed by atoms with van der Waals surface area (Å²) in [4.78, 5) is 25.7. The van der Waals surface area contributed by atoms with Crippen molar-refractivity contribution in [1.29, 1.82) is 0 Å². The Balaban J connectivity index is 2.53. The monoisotopic (exact) mass is 247 g/mol. The van der Waals surface area contributed by atoms with Crippen molar-refractivity contribution in [3.8, 4) is 0 Å². The molecule has 1 aromatic rings. The van der Waals surface area contributed by atoms with Gasteiger partial charge in [-0.15, -0.1) is 0 Å². The summed E-state index contributed by atoms with van der Waals surface area (Å²) in [7, 11) is 3.09. The van der Waals surface area contributed by atoms with Crippen LogP contribution in [-0.4, -0.2) is 26.0 Å². The molecule has 0 radical (unpaired) electrons. The average molecular weight is 247 g/mol. The van der Waals surface area contributed by atoms with Gasteiger partial charge in [0, 0.05) is 12.7 Å². The Labute approximate surface area is 107 Å². The van der Waals surface area contributed by atoms with Crippen molar-refractivity contribution in [2.24, 2.45) is 0 Å². The fourth-order valence-electron chi connectivity index (χ4n) is 2.67. The maximum atomic E-state index is 12.5. The van der Waals surface area contributed by atoms with Crippen LogP contribution in [0.25, 0.3) is 0 Å². The van der Waals surface area contributed by atoms with E-state index < -0.39 is 5.41 Å². The summed E-state index contributed by atoms with van der Waals surface area (Å²) >= 11 is 0. The van der Waals surface area contributed by atoms with Gasteiger partial charge in [-0.1, -0.05) is 25.1 Å². The van der Waals surface area contributed by atoms with Gasteiger partial charge in [0.1, 0.15) is 0 Å². The maximum absolute atomic E-state index is 12.5. The number of nitrogens with zero attached hydrogens (tertiary/aromatic N) is 1. The van der Waals surface area contributed by atoms with E-state index >= 15 is 0 Å². The largest absolute Gasteiger partial charge is 0.469 e. The molecular formula is C14H17NO3. The number of esters is 1. The van der Waals surface area contributed by atoms with Crippen LogP contribution in [0.2, 0.25) is 0 Å². The van der Waals surface area contributed by atoms with E-state index in [0.29, 0.717) is 6.42 Å². The lowest BCUT2D eigenvalue weighted by Gasteiger charge is -2.25. The molecular weight excluding hydrogens is 230 g/mol. The zero-order chi connectivity index (χ0) is 13.3. The molecule has 0 aromatic heterocycles. The third-order valence-electron chi connectivity index (χ3n) is 3.77. The highest BCUT2D eigenvalue weighted by Crippen LogP contribution is 2.45. The number of rotatable bonds is 3. The van der Waals surface area contributed by atoms with Crippen LogP contribution < -0.4 is 4.90 Å². The number of carbonyl (C=O) groups is 2. The number of benzene rings is 1. The maximum Gasteiger partial charge on any atom is 0.306 e. The molecule has 4 heteroatoms. The summed E-state index contributed by atoms with van der Waals surface area (Å²) in [5.41, 5.74) is 1.04. The smallest absolute Gasteiger partial charge is 0.306 e. The minimum absolute atomic E-state index is 0.0309. The normalized spacial score (nSPS) is 21.9. The molecule has 1 amide bonds. The van der Waals surface area contributed by atoms with E-state index in [9.17, 15) is 9.59 Å². The number of hydrogen-bond acceptors (Lipinski definition) is 3. The van der Waals surface area contributed by atoms with E-state index in [-0.39, 0.29) is 18.3 Å². The van der Waals surface area contributed by atoms with Gasteiger partial charge in [-0.2, -0.15) is 0 Å². The molecule has 0 saturated heterocycles. The van der Waals surface area contributed by atoms with Crippen LogP contribution >= 0.6 is 0 Å². The molecule has 1 unspecified atom stereocenters. The predicted molar refractivity (Wildman–Crippen MR) is 68.5 cm³/mol. The van der Waals surface area contributed by atoms with Gasteiger partial charge in [0.15, 0.2) is 0 Å². The number of fused-ring (bicyclic) bond motifs is 1. The lowest BCUT2D eigenvalue weighted by Crippen LogP contribution is -2.40. The third-order valence-corrected chi connectivity index (χ3v) is 3.77. The topological polar surface area (TPSA) is 46.6 Å². The second-order valence-electron chi connectivity index (χ2n) is 4.57. The second-order valence-corrected chi connectivity index (χ2v) is 4.57. The van der Waals surface area contributed by atoms with Gasteiger partial charge in [0.25, 0.3) is 0 Å². The van der Waals surface area contributed by atoms with Crippen LogP contribution in [0.3, 0.4) is 0 Å². The fourth-order valence-corrected chi connectivity index (χ4v) is 2.67. The summed E-state index contributed by atoms with van der Waals surface area (Å²) in [6.07, 6.45) is 0.683. The molecule has 0 saturated carbocycles. The summed E-state index contributed by atoms with van der Waals surface area (Å²) in [6, 6.07) is 7.62. The number of amides is 1. The first-order chi connectivity index (χ1) is 8.56. The van der Waals surface area contributed by atoms with Crippen molar-refractivity contribution < 1.29 is 14.3 Å². The second kappa shape index (κ2) is 4.44. The molecule has 0 spiro atoms. The Bertz CT molecular complexity index is 498. The van der Waals surface area contributed by atoms with Crippen LogP contribution in [0.1, 0.15) is 25.3 Å². The molecule has 1 atom stereocenters. The van der Waals surface area contributed by atoms with Crippen molar-refractivity contribution in [3.63, 3.8) is 0 Å². The molecule has 0 N–H and O–H groups in total. The molecule has 96 valence electrons. The average Bonchev–Trinajstić information content (AvgIpc) is 2.62. The van der Waals surface area contributed by atoms with Crippen LogP contribution in [0.4, 0.5) is 5.69 Å². The Morgan fingerprint density at radius 2 is 2.06 bits per heavy atom. The van der Waals surface area contributed by atoms with E-state index in [0.717, 1.165) is 11.3 Å². The molecule has 0 aliphatic carbocycles. The molecule has 2 rings (SSSR count). The Kier molecular flexibility index (Phi) is 3.11. The van der Waals surface area contributed by atoms with Crippen molar-refractivity contribution in [2.75, 3.05) is 19.1 Å². The summed E-state index contributed by atoms with van der Waals surface area (Å²) in [5, 5.41) is 0. The molecule has 0 bridgehead atoms. The van der Waals surface area contributed by atoms with Gasteiger partial charge in [0.2, 0.25) is 5.91 Å². The summed E-state index contributed by atoms with van der Waals surface area (Å²) in [5.74, 6) is -0.382. The zero-order valence-corrected chi connectivity index (χ0v) is 10.9. The minimum atomic E-state index is -0.765. The van der Waals surface area contributed by atoms with Gasteiger partial charge in [0.05, 0.1) is 18.9 Å². The SMILES string of the molecule is CCC1(CC(=O)OC)C(=O)N(C)c2ccccc21. The Hall–Kier alpha value is -1.84. The number of para-hydroxylation sites is 1. The van der Waals surface area contributed by atoms with E-state index in [1.165, 1.54) is 7.11 Å². The van der Waals surface area contributed by atoms with Crippen LogP contribution in [0.5, 0.6) is 0 Å². The molecule has 18 heavy (non-hydrogen) atoms. The number of likely N-dealkylation sites (N-methyl/N-ethyl adjacent to an activating group) is 1. The van der Waals surface area contributed by atoms with Gasteiger partial charge in [-0.3, -0.25) is 9.59 Å². The minimum Gasteiger partial charge on any atom is -0.469 e. The molecule has 1 heterocycles. The third kappa shape index (κ3) is 1.60. The predicted octanol–water partition coefficient (Wildman–Crippen LogP) is 1.87. The first-order valence-corrected chi connectivity index (χ1v) is 6.01. The highest BCUT2D eigenvalue weighted by molar-refractivity contribution is 6.09. The number of anilines is 1. The molecule has 1 aliphatic heterocycles. The number of methoxy groups -OCH3 is 1. The van der Waals surface area contributed by atoms with E-state index in [2.05, 4.69) is 0 Å². The molecule has 0 fully saturated rings. The number of hydrogen-bond donors (Lipinski definition) is 0. The molecule has 4 nitrogen and oxygen atoms in total. The lowest BCUT2D eigenvalue weighted by molar-refractivity contribution is -0.144. The fraction of sp³-hybridized carbons (Fsp3) is 0.429. The molecule has 1 aromatic carbocycles. The summed E-state index contributed by atoms with van der Waals surface area (Å²) < 4.78 is 4.73. The van der Waals surface area contributed by atoms with E-state index in [1.807, 2.05) is 31.2 Å².